The van der Waals surface area contributed by atoms with Gasteiger partial charge in [0.15, 0.2) is 48.0 Å². The molecule has 0 aromatic heterocycles. The zero-order chi connectivity index (χ0) is 69.3. The van der Waals surface area contributed by atoms with Crippen LogP contribution in [0.1, 0.15) is 119 Å². The molecule has 6 aromatic carbocycles. The molecule has 5 amide bonds. The van der Waals surface area contributed by atoms with Crippen molar-refractivity contribution >= 4 is 75.3 Å². The largest absolute Gasteiger partial charge is 0.507 e. The van der Waals surface area contributed by atoms with Gasteiger partial charge in [-0.05, 0) is 110 Å². The van der Waals surface area contributed by atoms with Crippen LogP contribution < -0.4 is 33.6 Å². The van der Waals surface area contributed by atoms with E-state index >= 15 is 0 Å². The summed E-state index contributed by atoms with van der Waals surface area (Å²) in [5, 5.41) is 21.4. The number of fused-ring (bicyclic) bond motifs is 9. The third-order valence-electron chi connectivity index (χ3n) is 18.9. The van der Waals surface area contributed by atoms with Gasteiger partial charge in [-0.2, -0.15) is 0 Å². The lowest BCUT2D eigenvalue weighted by molar-refractivity contribution is -0.198. The van der Waals surface area contributed by atoms with E-state index in [0.717, 1.165) is 64.3 Å². The number of methoxy groups -OCH3 is 2. The number of carbonyl (C=O) groups excluding carboxylic acids is 5. The molecule has 6 aromatic rings. The summed E-state index contributed by atoms with van der Waals surface area (Å²) in [7, 11) is 2.94. The Bertz CT molecular complexity index is 4010. The Morgan fingerprint density at radius 1 is 0.606 bits per heavy atom. The lowest BCUT2D eigenvalue weighted by atomic mass is 9.92. The fourth-order valence-electron chi connectivity index (χ4n) is 14.2. The van der Waals surface area contributed by atoms with Gasteiger partial charge in [-0.3, -0.25) is 19.2 Å². The first-order valence-corrected chi connectivity index (χ1v) is 34.2. The molecule has 2 fully saturated rings. The van der Waals surface area contributed by atoms with Crippen LogP contribution in [0.3, 0.4) is 0 Å². The van der Waals surface area contributed by atoms with Gasteiger partial charge in [0.2, 0.25) is 5.91 Å². The van der Waals surface area contributed by atoms with Gasteiger partial charge in [-0.25, -0.2) is 19.4 Å². The quantitative estimate of drug-likeness (QED) is 0.0386. The number of phenols is 1. The molecule has 13 rings (SSSR count). The Balaban J connectivity index is 0.000000197. The van der Waals surface area contributed by atoms with Crippen molar-refractivity contribution in [2.75, 3.05) is 81.0 Å². The van der Waals surface area contributed by atoms with Gasteiger partial charge in [-0.15, -0.1) is 11.6 Å². The minimum absolute atomic E-state index is 0.0445. The molecule has 4 unspecified atom stereocenters. The number of phenolic OH excluding ortho intramolecular Hbond substituents is 1. The van der Waals surface area contributed by atoms with Crippen molar-refractivity contribution < 1.29 is 86.3 Å². The Labute approximate surface area is 579 Å². The molecule has 7 atom stereocenters. The highest BCUT2D eigenvalue weighted by Gasteiger charge is 2.50. The standard InChI is InChI=1S/C44H46ClN3O9.C31H36N2O9/c1-3-17-56-44(52)48-33-23-38(54-19-10-15-39(50)46-26-29(24-45)41-31-14-7-6-13-30(31)36(49)22-34(41)46)37(53-2)21-32(33)42(51)47-25-28-12-5-4-11-27(28)20-35(47)43(48)57-40-16-8-9-18-55-40;1-3-13-41-31(37)33-23-18-26(39-15-8-11-27(34)35)25(38-2)17-22(23)29(36)32-19-21-10-5-4-9-20(21)16-24(32)30(33)42-28-12-6-7-14-40-28/h3-7,11-14,21-23,29,35,40,43,49H,1,8-10,15-20,24-26H2,2H3;3-5,9-10,17-18,24,28,30H,1,6-8,11-16,19H2,2H3,(H,34,35)/t29-,35+,40?,43?;24-,28?,30?/m10/s1. The fraction of sp³-hybridized carbons (Fsp3) is 0.413. The molecule has 24 heteroatoms. The lowest BCUT2D eigenvalue weighted by Gasteiger charge is -2.43. The summed E-state index contributed by atoms with van der Waals surface area (Å²) in [5.74, 6) is -0.183. The summed E-state index contributed by atoms with van der Waals surface area (Å²) in [6, 6.07) is 30.3. The zero-order valence-electron chi connectivity index (χ0n) is 55.5. The number of carbonyl (C=O) groups is 6. The Kier molecular flexibility index (Phi) is 22.2. The van der Waals surface area contributed by atoms with E-state index in [-0.39, 0.29) is 121 Å². The Hall–Kier alpha value is -9.39. The molecule has 0 saturated carbocycles. The summed E-state index contributed by atoms with van der Waals surface area (Å²) >= 11 is 6.40. The average molecular weight is 1380 g/mol. The summed E-state index contributed by atoms with van der Waals surface area (Å²) in [6.45, 7) is 9.62. The van der Waals surface area contributed by atoms with E-state index in [0.29, 0.717) is 76.5 Å². The summed E-state index contributed by atoms with van der Waals surface area (Å²) in [6.07, 6.45) is 4.96. The van der Waals surface area contributed by atoms with E-state index in [4.69, 9.17) is 64.1 Å². The van der Waals surface area contributed by atoms with E-state index < -0.39 is 55.3 Å². The maximum absolute atomic E-state index is 14.6. The van der Waals surface area contributed by atoms with E-state index in [1.54, 1.807) is 45.0 Å². The van der Waals surface area contributed by atoms with Crippen LogP contribution in [-0.2, 0) is 63.9 Å². The van der Waals surface area contributed by atoms with Crippen LogP contribution in [0.5, 0.6) is 28.7 Å². The van der Waals surface area contributed by atoms with Gasteiger partial charge in [0.05, 0.1) is 67.7 Å². The molecular formula is C75H82ClN5O18. The van der Waals surface area contributed by atoms with Crippen LogP contribution in [0, 0.1) is 0 Å². The van der Waals surface area contributed by atoms with Crippen molar-refractivity contribution in [3.05, 3.63) is 167 Å². The number of benzene rings is 6. The van der Waals surface area contributed by atoms with Crippen molar-refractivity contribution in [1.82, 2.24) is 9.80 Å². The normalized spacial score (nSPS) is 21.3. The molecule has 7 heterocycles. The minimum Gasteiger partial charge on any atom is -0.507 e. The molecule has 7 aliphatic heterocycles. The topological polar surface area (TPSA) is 251 Å². The van der Waals surface area contributed by atoms with Crippen molar-refractivity contribution in [3.8, 4) is 28.7 Å². The number of amides is 5. The first kappa shape index (κ1) is 69.5. The molecule has 0 spiro atoms. The molecule has 99 heavy (non-hydrogen) atoms. The van der Waals surface area contributed by atoms with Crippen molar-refractivity contribution in [2.24, 2.45) is 0 Å². The van der Waals surface area contributed by atoms with Gasteiger partial charge in [0, 0.05) is 81.1 Å². The Morgan fingerprint density at radius 3 is 1.54 bits per heavy atom. The first-order valence-electron chi connectivity index (χ1n) is 33.7. The molecule has 2 saturated heterocycles. The highest BCUT2D eigenvalue weighted by Crippen LogP contribution is 2.48. The monoisotopic (exact) mass is 1380 g/mol. The zero-order valence-corrected chi connectivity index (χ0v) is 56.3. The molecule has 0 radical (unpaired) electrons. The number of hydrogen-bond donors (Lipinski definition) is 2. The van der Waals surface area contributed by atoms with Crippen LogP contribution in [0.15, 0.2) is 128 Å². The van der Waals surface area contributed by atoms with Crippen LogP contribution in [-0.4, -0.2) is 159 Å². The second-order valence-electron chi connectivity index (χ2n) is 25.1. The molecule has 522 valence electrons. The van der Waals surface area contributed by atoms with Gasteiger partial charge in [0.25, 0.3) is 11.8 Å². The maximum Gasteiger partial charge on any atom is 0.416 e. The third kappa shape index (κ3) is 14.8. The van der Waals surface area contributed by atoms with Crippen LogP contribution >= 0.6 is 11.6 Å². The number of anilines is 3. The predicted molar refractivity (Wildman–Crippen MR) is 367 cm³/mol. The van der Waals surface area contributed by atoms with Gasteiger partial charge < -0.3 is 72.3 Å². The number of rotatable bonds is 21. The minimum atomic E-state index is -0.973. The molecule has 23 nitrogen and oxygen atoms in total. The van der Waals surface area contributed by atoms with Crippen LogP contribution in [0.2, 0.25) is 0 Å². The number of ether oxygens (including phenoxy) is 10. The summed E-state index contributed by atoms with van der Waals surface area (Å²) < 4.78 is 60.0. The van der Waals surface area contributed by atoms with E-state index in [9.17, 15) is 33.9 Å². The maximum atomic E-state index is 14.6. The average Bonchev–Trinajstić information content (AvgIpc) is 1.63. The number of alkyl halides is 1. The number of aliphatic carboxylic acids is 1. The van der Waals surface area contributed by atoms with E-state index in [1.165, 1.54) is 36.2 Å². The van der Waals surface area contributed by atoms with Gasteiger partial charge in [-0.1, -0.05) is 98.1 Å². The first-order chi connectivity index (χ1) is 48.2. The fourth-order valence-corrected chi connectivity index (χ4v) is 14.4. The van der Waals surface area contributed by atoms with Crippen molar-refractivity contribution in [3.63, 3.8) is 0 Å². The predicted octanol–water partition coefficient (Wildman–Crippen LogP) is 12.2. The molecule has 0 bridgehead atoms. The smallest absolute Gasteiger partial charge is 0.416 e. The summed E-state index contributed by atoms with van der Waals surface area (Å²) in [4.78, 5) is 89.6. The molecule has 7 aliphatic rings. The molecule has 0 aliphatic carbocycles. The number of aromatic hydroxyl groups is 1. The van der Waals surface area contributed by atoms with Gasteiger partial charge in [0.1, 0.15) is 19.0 Å². The second-order valence-corrected chi connectivity index (χ2v) is 25.4. The molecule has 2 N–H and O–H groups in total. The highest BCUT2D eigenvalue weighted by molar-refractivity contribution is 6.19. The number of nitrogens with zero attached hydrogens (tertiary/aromatic N) is 5. The van der Waals surface area contributed by atoms with Crippen LogP contribution in [0.4, 0.5) is 26.7 Å². The van der Waals surface area contributed by atoms with Crippen LogP contribution in [0.25, 0.3) is 10.8 Å². The van der Waals surface area contributed by atoms with Gasteiger partial charge >= 0.3 is 18.2 Å². The number of carboxylic acid groups (broad SMARTS) is 1. The van der Waals surface area contributed by atoms with Crippen molar-refractivity contribution in [1.29, 1.82) is 0 Å². The summed E-state index contributed by atoms with van der Waals surface area (Å²) in [5.41, 5.74) is 6.71. The number of hydrogen-bond acceptors (Lipinski definition) is 17. The number of halogens is 1. The lowest BCUT2D eigenvalue weighted by Crippen LogP contribution is -2.58. The van der Waals surface area contributed by atoms with E-state index in [2.05, 4.69) is 13.2 Å². The number of carboxylic acids is 1. The van der Waals surface area contributed by atoms with Crippen molar-refractivity contribution in [2.45, 2.75) is 133 Å². The highest BCUT2D eigenvalue weighted by atomic mass is 35.5. The Morgan fingerprint density at radius 2 is 1.08 bits per heavy atom. The second kappa shape index (κ2) is 31.6. The SMILES string of the molecule is C=CCOC(=O)N1c2cc(OCCCC(=O)N3C[C@@H](CCl)c4c3cc(O)c3ccccc43)c(OC)cc2C(=O)N2Cc3ccccc3C[C@H]2C1OC1CCCCO1.C=CCOC(=O)N1c2cc(OCCCC(=O)O)c(OC)cc2C(=O)N2Cc3ccccc3C[C@H]2C1OC1CCCCO1. The third-order valence-corrected chi connectivity index (χ3v) is 19.3. The molecular weight excluding hydrogens is 1290 g/mol. The van der Waals surface area contributed by atoms with E-state index in [1.807, 2.05) is 72.8 Å².